The summed E-state index contributed by atoms with van der Waals surface area (Å²) in [6.45, 7) is 6.12. The maximum Gasteiger partial charge on any atom is 0.183 e. The van der Waals surface area contributed by atoms with E-state index < -0.39 is 38.9 Å². The molecule has 0 spiro atoms. The number of ether oxygens (including phenoxy) is 1. The van der Waals surface area contributed by atoms with Gasteiger partial charge < -0.3 is 15.2 Å². The molecule has 1 fully saturated rings. The number of halogens is 3. The number of allylic oxidation sites excluding steroid dienone is 3. The number of aryl methyl sites for hydroxylation is 1. The fraction of sp³-hybridized carbons (Fsp3) is 0.429. The smallest absolute Gasteiger partial charge is 0.183 e. The Morgan fingerprint density at radius 2 is 2.00 bits per heavy atom. The lowest BCUT2D eigenvalue weighted by Gasteiger charge is -2.22. The molecule has 1 saturated carbocycles. The number of aliphatic hydroxyl groups excluding tert-OH is 1. The van der Waals surface area contributed by atoms with Crippen molar-refractivity contribution in [3.05, 3.63) is 65.0 Å². The summed E-state index contributed by atoms with van der Waals surface area (Å²) in [6.07, 6.45) is 2.33. The predicted molar refractivity (Wildman–Crippen MR) is 112 cm³/mol. The summed E-state index contributed by atoms with van der Waals surface area (Å²) in [5, 5.41) is 11.6. The molecule has 0 radical (unpaired) electrons. The quantitative estimate of drug-likeness (QED) is 0.343. The maximum atomic E-state index is 14.8. The Labute approximate surface area is 177 Å². The summed E-state index contributed by atoms with van der Waals surface area (Å²) in [5.41, 5.74) is -0.0257. The Morgan fingerprint density at radius 1 is 1.33 bits per heavy atom. The minimum absolute atomic E-state index is 0.0333. The second kappa shape index (κ2) is 10.2. The number of benzene rings is 1. The highest BCUT2D eigenvalue weighted by molar-refractivity contribution is 7.85. The van der Waals surface area contributed by atoms with Crippen LogP contribution in [-0.2, 0) is 15.7 Å². The minimum atomic E-state index is -1.68. The summed E-state index contributed by atoms with van der Waals surface area (Å²) in [4.78, 5) is 0. The van der Waals surface area contributed by atoms with Crippen molar-refractivity contribution in [2.75, 3.05) is 19.0 Å². The third kappa shape index (κ3) is 5.66. The van der Waals surface area contributed by atoms with Crippen LogP contribution in [0.1, 0.15) is 38.2 Å². The summed E-state index contributed by atoms with van der Waals surface area (Å²) in [7, 11) is -0.352. The van der Waals surface area contributed by atoms with Crippen molar-refractivity contribution in [1.82, 2.24) is 4.72 Å². The lowest BCUT2D eigenvalue weighted by Crippen LogP contribution is -2.32. The average molecular weight is 445 g/mol. The Kier molecular flexibility index (Phi) is 8.14. The summed E-state index contributed by atoms with van der Waals surface area (Å²) >= 11 is 0. The van der Waals surface area contributed by atoms with Gasteiger partial charge in [-0.2, -0.15) is 0 Å². The van der Waals surface area contributed by atoms with E-state index in [1.54, 1.807) is 13.0 Å². The van der Waals surface area contributed by atoms with Crippen molar-refractivity contribution < 1.29 is 27.2 Å². The zero-order chi connectivity index (χ0) is 22.5. The second-order valence-corrected chi connectivity index (χ2v) is 8.83. The molecule has 0 aliphatic heterocycles. The minimum Gasteiger partial charge on any atom is -0.499 e. The molecule has 1 atom stereocenters. The number of hydrogen-bond acceptors (Lipinski definition) is 4. The molecular formula is C21H27F3N2O3S. The first-order chi connectivity index (χ1) is 14.1. The second-order valence-electron chi connectivity index (χ2n) is 7.22. The van der Waals surface area contributed by atoms with Crippen LogP contribution in [0.25, 0.3) is 0 Å². The maximum absolute atomic E-state index is 14.8. The van der Waals surface area contributed by atoms with Gasteiger partial charge in [0.25, 0.3) is 0 Å². The Bertz CT molecular complexity index is 895. The van der Waals surface area contributed by atoms with Gasteiger partial charge in [-0.3, -0.25) is 4.72 Å². The van der Waals surface area contributed by atoms with Crippen LogP contribution in [-0.4, -0.2) is 27.8 Å². The van der Waals surface area contributed by atoms with Gasteiger partial charge in [0.1, 0.15) is 34.0 Å². The molecule has 1 aliphatic rings. The number of anilines is 1. The van der Waals surface area contributed by atoms with Crippen molar-refractivity contribution in [2.24, 2.45) is 0 Å². The molecule has 0 amide bonds. The van der Waals surface area contributed by atoms with Crippen molar-refractivity contribution in [3.63, 3.8) is 0 Å². The number of aliphatic hydroxyl groups is 1. The molecule has 1 unspecified atom stereocenters. The van der Waals surface area contributed by atoms with Gasteiger partial charge in [-0.05, 0) is 57.2 Å². The highest BCUT2D eigenvalue weighted by atomic mass is 32.2. The number of nitrogens with one attached hydrogen (secondary N) is 2. The number of methoxy groups -OCH3 is 1. The lowest BCUT2D eigenvalue weighted by atomic mass is 10.2. The molecule has 3 N–H and O–H groups in total. The van der Waals surface area contributed by atoms with E-state index in [9.17, 15) is 17.4 Å². The fourth-order valence-corrected chi connectivity index (χ4v) is 4.34. The molecular weight excluding hydrogens is 417 g/mol. The van der Waals surface area contributed by atoms with Crippen LogP contribution >= 0.6 is 0 Å². The summed E-state index contributed by atoms with van der Waals surface area (Å²) in [5.74, 6) is -3.29. The van der Waals surface area contributed by atoms with E-state index in [1.165, 1.54) is 26.2 Å². The fourth-order valence-electron chi connectivity index (χ4n) is 2.89. The van der Waals surface area contributed by atoms with Gasteiger partial charge in [0.2, 0.25) is 0 Å². The average Bonchev–Trinajstić information content (AvgIpc) is 3.50. The van der Waals surface area contributed by atoms with Gasteiger partial charge in [0.15, 0.2) is 11.7 Å². The number of rotatable bonds is 11. The zero-order valence-corrected chi connectivity index (χ0v) is 18.1. The van der Waals surface area contributed by atoms with Crippen LogP contribution < -0.4 is 10.0 Å². The molecule has 30 heavy (non-hydrogen) atoms. The van der Waals surface area contributed by atoms with E-state index in [1.807, 2.05) is 0 Å². The molecule has 1 aliphatic carbocycles. The van der Waals surface area contributed by atoms with E-state index in [0.717, 1.165) is 0 Å². The van der Waals surface area contributed by atoms with Crippen LogP contribution in [0.3, 0.4) is 0 Å². The van der Waals surface area contributed by atoms with Gasteiger partial charge in [-0.1, -0.05) is 12.6 Å². The molecule has 1 aromatic carbocycles. The van der Waals surface area contributed by atoms with Crippen molar-refractivity contribution in [3.8, 4) is 0 Å². The van der Waals surface area contributed by atoms with Crippen LogP contribution in [0.15, 0.2) is 53.6 Å². The first kappa shape index (κ1) is 24.0. The van der Waals surface area contributed by atoms with Gasteiger partial charge in [-0.15, -0.1) is 0 Å². The van der Waals surface area contributed by atoms with Gasteiger partial charge in [0.05, 0.1) is 17.5 Å². The normalized spacial score (nSPS) is 17.4. The van der Waals surface area contributed by atoms with Gasteiger partial charge >= 0.3 is 0 Å². The Morgan fingerprint density at radius 3 is 2.50 bits per heavy atom. The molecule has 0 bridgehead atoms. The van der Waals surface area contributed by atoms with Gasteiger partial charge in [-0.25, -0.2) is 17.4 Å². The zero-order valence-electron chi connectivity index (χ0n) is 17.3. The van der Waals surface area contributed by atoms with Crippen LogP contribution in [0.4, 0.5) is 18.9 Å². The number of hydrogen-bond donors (Lipinski definition) is 3. The van der Waals surface area contributed by atoms with Crippen molar-refractivity contribution >= 4 is 16.7 Å². The standard InChI is InChI=1S/C21H27F3N2O3S/c1-13-6-7-17(16(23)12-13)25-20(18(24)14(2)22)19(15(3)29-4)26-30(28)21(9-10-21)8-5-11-27/h6-7,12,25-27H,2,5,8-11H2,1,3-4H3/b19-15-,20-18-. The third-order valence-corrected chi connectivity index (χ3v) is 6.72. The summed E-state index contributed by atoms with van der Waals surface area (Å²) in [6, 6.07) is 4.24. The Balaban J connectivity index is 2.45. The molecule has 5 nitrogen and oxygen atoms in total. The van der Waals surface area contributed by atoms with Crippen LogP contribution in [0.5, 0.6) is 0 Å². The molecule has 0 saturated heterocycles. The molecule has 1 aromatic rings. The largest absolute Gasteiger partial charge is 0.499 e. The molecule has 9 heteroatoms. The lowest BCUT2D eigenvalue weighted by molar-refractivity contribution is 0.282. The Hall–Kier alpha value is -2.26. The summed E-state index contributed by atoms with van der Waals surface area (Å²) < 4.78 is 63.2. The monoisotopic (exact) mass is 444 g/mol. The topological polar surface area (TPSA) is 70.6 Å². The van der Waals surface area contributed by atoms with Gasteiger partial charge in [0, 0.05) is 6.61 Å². The highest BCUT2D eigenvalue weighted by Gasteiger charge is 2.48. The first-order valence-corrected chi connectivity index (χ1v) is 10.6. The van der Waals surface area contributed by atoms with E-state index in [0.29, 0.717) is 31.2 Å². The third-order valence-electron chi connectivity index (χ3n) is 4.94. The predicted octanol–water partition coefficient (Wildman–Crippen LogP) is 4.65. The molecule has 0 aromatic heterocycles. The molecule has 2 rings (SSSR count). The van der Waals surface area contributed by atoms with Crippen molar-refractivity contribution in [1.29, 1.82) is 0 Å². The first-order valence-electron chi connectivity index (χ1n) is 9.47. The van der Waals surface area contributed by atoms with E-state index in [2.05, 4.69) is 16.6 Å². The highest BCUT2D eigenvalue weighted by Crippen LogP contribution is 2.45. The molecule has 0 heterocycles. The SMILES string of the molecule is C=C(F)/C(F)=C(Nc1ccc(C)cc1F)\C(NS(=O)C1(CCCO)CC1)=C(/C)OC. The van der Waals surface area contributed by atoms with E-state index >= 15 is 0 Å². The van der Waals surface area contributed by atoms with Crippen LogP contribution in [0, 0.1) is 12.7 Å². The van der Waals surface area contributed by atoms with Crippen molar-refractivity contribution in [2.45, 2.75) is 44.3 Å². The van der Waals surface area contributed by atoms with E-state index in [4.69, 9.17) is 9.84 Å². The van der Waals surface area contributed by atoms with Crippen LogP contribution in [0.2, 0.25) is 0 Å². The molecule has 166 valence electrons. The van der Waals surface area contributed by atoms with E-state index in [-0.39, 0.29) is 23.8 Å².